The number of carbonyl (C=O) groups is 1. The summed E-state index contributed by atoms with van der Waals surface area (Å²) in [5, 5.41) is 6.44. The normalized spacial score (nSPS) is 18.9. The summed E-state index contributed by atoms with van der Waals surface area (Å²) < 4.78 is 7.81. The first kappa shape index (κ1) is 22.4. The Bertz CT molecular complexity index is 967. The molecule has 1 unspecified atom stereocenters. The van der Waals surface area contributed by atoms with E-state index in [2.05, 4.69) is 15.6 Å². The molecule has 6 nitrogen and oxygen atoms in total. The summed E-state index contributed by atoms with van der Waals surface area (Å²) >= 11 is 0. The number of aromatic nitrogens is 2. The predicted molar refractivity (Wildman–Crippen MR) is 122 cm³/mol. The minimum Gasteiger partial charge on any atom is -0.487 e. The molecular weight excluding hydrogens is 423 g/mol. The van der Waals surface area contributed by atoms with Crippen LogP contribution < -0.4 is 15.4 Å². The van der Waals surface area contributed by atoms with E-state index in [-0.39, 0.29) is 42.1 Å². The number of anilines is 1. The van der Waals surface area contributed by atoms with Gasteiger partial charge in [-0.05, 0) is 74.2 Å². The SMILES string of the molecule is Cl.Cl.O=C(Nc1ccc(OCc2cn3ccccc3n2)cc1)C1CC12CCNCC2. The first-order chi connectivity index (χ1) is 13.7. The van der Waals surface area contributed by atoms with Crippen LogP contribution >= 0.6 is 24.8 Å². The molecule has 1 aromatic carbocycles. The molecule has 3 heterocycles. The molecule has 1 aliphatic carbocycles. The van der Waals surface area contributed by atoms with Crippen LogP contribution in [0.3, 0.4) is 0 Å². The van der Waals surface area contributed by atoms with Gasteiger partial charge in [-0.3, -0.25) is 4.79 Å². The average Bonchev–Trinajstić information content (AvgIpc) is 3.24. The molecule has 1 saturated carbocycles. The van der Waals surface area contributed by atoms with Crippen LogP contribution in [0.2, 0.25) is 0 Å². The van der Waals surface area contributed by atoms with Gasteiger partial charge in [-0.1, -0.05) is 6.07 Å². The van der Waals surface area contributed by atoms with Gasteiger partial charge in [-0.15, -0.1) is 24.8 Å². The number of rotatable bonds is 5. The van der Waals surface area contributed by atoms with Crippen molar-refractivity contribution in [2.75, 3.05) is 18.4 Å². The van der Waals surface area contributed by atoms with Crippen molar-refractivity contribution >= 4 is 42.1 Å². The van der Waals surface area contributed by atoms with E-state index in [1.54, 1.807) is 0 Å². The van der Waals surface area contributed by atoms with Gasteiger partial charge < -0.3 is 19.8 Å². The van der Waals surface area contributed by atoms with Gasteiger partial charge in [-0.2, -0.15) is 0 Å². The molecule has 2 aliphatic rings. The number of imidazole rings is 1. The quantitative estimate of drug-likeness (QED) is 0.616. The summed E-state index contributed by atoms with van der Waals surface area (Å²) in [5.74, 6) is 1.08. The van der Waals surface area contributed by atoms with Gasteiger partial charge in [0, 0.05) is 24.0 Å². The monoisotopic (exact) mass is 448 g/mol. The first-order valence-corrected chi connectivity index (χ1v) is 9.89. The lowest BCUT2D eigenvalue weighted by Crippen LogP contribution is -2.31. The molecule has 2 fully saturated rings. The van der Waals surface area contributed by atoms with Crippen molar-refractivity contribution < 1.29 is 9.53 Å². The van der Waals surface area contributed by atoms with Gasteiger partial charge in [0.05, 0.1) is 5.69 Å². The molecule has 0 bridgehead atoms. The second-order valence-corrected chi connectivity index (χ2v) is 7.87. The Morgan fingerprint density at radius 3 is 2.67 bits per heavy atom. The van der Waals surface area contributed by atoms with Crippen LogP contribution in [0.15, 0.2) is 54.9 Å². The number of ether oxygens (including phenoxy) is 1. The lowest BCUT2D eigenvalue weighted by atomic mass is 9.92. The van der Waals surface area contributed by atoms with E-state index in [1.165, 1.54) is 0 Å². The van der Waals surface area contributed by atoms with Gasteiger partial charge in [-0.25, -0.2) is 4.98 Å². The number of carbonyl (C=O) groups excluding carboxylic acids is 1. The molecule has 0 radical (unpaired) electrons. The molecule has 1 spiro atoms. The molecule has 1 atom stereocenters. The highest BCUT2D eigenvalue weighted by Crippen LogP contribution is 2.58. The van der Waals surface area contributed by atoms with Crippen molar-refractivity contribution in [2.45, 2.75) is 25.9 Å². The Kier molecular flexibility index (Phi) is 6.91. The highest BCUT2D eigenvalue weighted by atomic mass is 35.5. The van der Waals surface area contributed by atoms with Gasteiger partial charge in [0.2, 0.25) is 5.91 Å². The third kappa shape index (κ3) is 4.56. The van der Waals surface area contributed by atoms with Gasteiger partial charge >= 0.3 is 0 Å². The molecule has 1 aliphatic heterocycles. The number of fused-ring (bicyclic) bond motifs is 1. The first-order valence-electron chi connectivity index (χ1n) is 9.89. The highest BCUT2D eigenvalue weighted by molar-refractivity contribution is 5.95. The Balaban J connectivity index is 0.00000128. The predicted octanol–water partition coefficient (Wildman–Crippen LogP) is 4.09. The third-order valence-corrected chi connectivity index (χ3v) is 6.03. The molecule has 1 saturated heterocycles. The molecule has 160 valence electrons. The fraction of sp³-hybridized carbons (Fsp3) is 0.364. The minimum atomic E-state index is 0. The summed E-state index contributed by atoms with van der Waals surface area (Å²) in [6.07, 6.45) is 7.19. The largest absolute Gasteiger partial charge is 0.487 e. The second-order valence-electron chi connectivity index (χ2n) is 7.87. The number of nitrogens with one attached hydrogen (secondary N) is 2. The van der Waals surface area contributed by atoms with Crippen LogP contribution in [0.1, 0.15) is 25.0 Å². The van der Waals surface area contributed by atoms with E-state index in [1.807, 2.05) is 59.3 Å². The van der Waals surface area contributed by atoms with Crippen LogP contribution in [0.5, 0.6) is 5.75 Å². The summed E-state index contributed by atoms with van der Waals surface area (Å²) in [6.45, 7) is 2.47. The van der Waals surface area contributed by atoms with E-state index in [0.717, 1.165) is 55.1 Å². The van der Waals surface area contributed by atoms with Crippen molar-refractivity contribution in [1.82, 2.24) is 14.7 Å². The van der Waals surface area contributed by atoms with E-state index >= 15 is 0 Å². The third-order valence-electron chi connectivity index (χ3n) is 6.03. The molecular formula is C22H26Cl2N4O2. The fourth-order valence-corrected chi connectivity index (χ4v) is 4.27. The van der Waals surface area contributed by atoms with E-state index in [4.69, 9.17) is 4.74 Å². The van der Waals surface area contributed by atoms with Gasteiger partial charge in [0.15, 0.2) is 0 Å². The molecule has 8 heteroatoms. The van der Waals surface area contributed by atoms with Gasteiger partial charge in [0.1, 0.15) is 18.0 Å². The lowest BCUT2D eigenvalue weighted by molar-refractivity contribution is -0.118. The lowest BCUT2D eigenvalue weighted by Gasteiger charge is -2.23. The summed E-state index contributed by atoms with van der Waals surface area (Å²) in [6, 6.07) is 13.5. The highest BCUT2D eigenvalue weighted by Gasteiger charge is 2.57. The summed E-state index contributed by atoms with van der Waals surface area (Å²) in [5.41, 5.74) is 2.86. The van der Waals surface area contributed by atoms with Crippen molar-refractivity contribution in [3.05, 3.63) is 60.6 Å². The fourth-order valence-electron chi connectivity index (χ4n) is 4.27. The number of hydrogen-bond acceptors (Lipinski definition) is 4. The summed E-state index contributed by atoms with van der Waals surface area (Å²) in [7, 11) is 0. The maximum absolute atomic E-state index is 12.6. The standard InChI is InChI=1S/C22H24N4O2.2ClH/c27-21(19-13-22(19)8-10-23-11-9-22)25-16-4-6-18(7-5-16)28-15-17-14-26-12-2-1-3-20(26)24-17;;/h1-7,12,14,19,23H,8-11,13,15H2,(H,25,27);2*1H. The zero-order chi connectivity index (χ0) is 19.0. The van der Waals surface area contributed by atoms with Crippen LogP contribution in [0.4, 0.5) is 5.69 Å². The summed E-state index contributed by atoms with van der Waals surface area (Å²) in [4.78, 5) is 17.1. The van der Waals surface area contributed by atoms with Crippen LogP contribution in [0, 0.1) is 11.3 Å². The van der Waals surface area contributed by atoms with Gasteiger partial charge in [0.25, 0.3) is 0 Å². The molecule has 30 heavy (non-hydrogen) atoms. The van der Waals surface area contributed by atoms with Crippen LogP contribution in [0.25, 0.3) is 5.65 Å². The molecule has 5 rings (SSSR count). The zero-order valence-electron chi connectivity index (χ0n) is 16.5. The Hall–Kier alpha value is -2.28. The number of nitrogens with zero attached hydrogens (tertiary/aromatic N) is 2. The number of benzene rings is 1. The molecule has 2 N–H and O–H groups in total. The molecule has 2 aromatic heterocycles. The number of amides is 1. The van der Waals surface area contributed by atoms with Crippen molar-refractivity contribution in [3.63, 3.8) is 0 Å². The topological polar surface area (TPSA) is 67.7 Å². The van der Waals surface area contributed by atoms with E-state index in [9.17, 15) is 4.79 Å². The minimum absolute atomic E-state index is 0. The number of hydrogen-bond donors (Lipinski definition) is 2. The molecule has 1 amide bonds. The zero-order valence-corrected chi connectivity index (χ0v) is 18.2. The van der Waals surface area contributed by atoms with Crippen LogP contribution in [-0.4, -0.2) is 28.4 Å². The Morgan fingerprint density at radius 1 is 1.17 bits per heavy atom. The smallest absolute Gasteiger partial charge is 0.228 e. The number of halogens is 2. The van der Waals surface area contributed by atoms with Crippen molar-refractivity contribution in [3.8, 4) is 5.75 Å². The second kappa shape index (κ2) is 9.25. The van der Waals surface area contributed by atoms with Crippen molar-refractivity contribution in [2.24, 2.45) is 11.3 Å². The van der Waals surface area contributed by atoms with Crippen molar-refractivity contribution in [1.29, 1.82) is 0 Å². The number of pyridine rings is 1. The average molecular weight is 449 g/mol. The molecule has 3 aromatic rings. The number of piperidine rings is 1. The Labute approximate surface area is 188 Å². The Morgan fingerprint density at radius 2 is 1.93 bits per heavy atom. The van der Waals surface area contributed by atoms with Crippen LogP contribution in [-0.2, 0) is 11.4 Å². The van der Waals surface area contributed by atoms with E-state index in [0.29, 0.717) is 6.61 Å². The van der Waals surface area contributed by atoms with E-state index < -0.39 is 0 Å². The maximum atomic E-state index is 12.6. The maximum Gasteiger partial charge on any atom is 0.228 e.